The van der Waals surface area contributed by atoms with E-state index in [0.717, 1.165) is 22.3 Å². The zero-order valence-corrected chi connectivity index (χ0v) is 13.3. The summed E-state index contributed by atoms with van der Waals surface area (Å²) in [4.78, 5) is 8.25. The molecule has 0 amide bonds. The number of aromatic nitrogens is 1. The molecule has 3 rings (SSSR count). The Morgan fingerprint density at radius 2 is 2.05 bits per heavy atom. The molecule has 0 fully saturated rings. The lowest BCUT2D eigenvalue weighted by Crippen LogP contribution is -2.21. The van der Waals surface area contributed by atoms with Gasteiger partial charge in [0, 0.05) is 34.4 Å². The van der Waals surface area contributed by atoms with Crippen LogP contribution in [0.1, 0.15) is 23.5 Å². The minimum Gasteiger partial charge on any atom is -0.399 e. The summed E-state index contributed by atoms with van der Waals surface area (Å²) in [5.41, 5.74) is 9.91. The molecule has 2 aromatic heterocycles. The van der Waals surface area contributed by atoms with Gasteiger partial charge in [-0.15, -0.1) is 11.3 Å². The lowest BCUT2D eigenvalue weighted by molar-refractivity contribution is 0.756. The fourth-order valence-corrected chi connectivity index (χ4v) is 3.40. The molecule has 0 bridgehead atoms. The van der Waals surface area contributed by atoms with Gasteiger partial charge in [0.1, 0.15) is 0 Å². The van der Waals surface area contributed by atoms with Crippen LogP contribution in [0.5, 0.6) is 0 Å². The second-order valence-corrected chi connectivity index (χ2v) is 6.34. The van der Waals surface area contributed by atoms with Gasteiger partial charge in [-0.25, -0.2) is 0 Å². The number of aryl methyl sites for hydroxylation is 1. The number of hydrogen-bond acceptors (Lipinski definition) is 4. The van der Waals surface area contributed by atoms with E-state index in [1.807, 2.05) is 25.1 Å². The zero-order valence-electron chi connectivity index (χ0n) is 12.5. The zero-order chi connectivity index (χ0) is 15.0. The first kappa shape index (κ1) is 13.9. The van der Waals surface area contributed by atoms with E-state index in [-0.39, 0.29) is 0 Å². The average Bonchev–Trinajstić information content (AvgIpc) is 2.99. The topological polar surface area (TPSA) is 42.1 Å². The standard InChI is InChI=1S/C17H19N3S/c1-11-9-16(14-10-13(18)6-7-15(14)19-11)20(3)12(2)17-5-4-8-21-17/h4-10,12H,18H2,1-3H3. The molecule has 0 aliphatic rings. The highest BCUT2D eigenvalue weighted by molar-refractivity contribution is 7.10. The van der Waals surface area contributed by atoms with Crippen molar-refractivity contribution in [3.8, 4) is 0 Å². The molecule has 0 saturated carbocycles. The summed E-state index contributed by atoms with van der Waals surface area (Å²) in [7, 11) is 2.13. The number of nitrogens with two attached hydrogens (primary N) is 1. The first-order chi connectivity index (χ1) is 10.1. The summed E-state index contributed by atoms with van der Waals surface area (Å²) in [5.74, 6) is 0. The smallest absolute Gasteiger partial charge is 0.0727 e. The molecular formula is C17H19N3S. The molecule has 21 heavy (non-hydrogen) atoms. The predicted octanol–water partition coefficient (Wildman–Crippen LogP) is 4.38. The highest BCUT2D eigenvalue weighted by Gasteiger charge is 2.16. The molecule has 0 radical (unpaired) electrons. The molecule has 2 heterocycles. The van der Waals surface area contributed by atoms with Gasteiger partial charge in [-0.2, -0.15) is 0 Å². The number of anilines is 2. The van der Waals surface area contributed by atoms with Gasteiger partial charge in [-0.05, 0) is 49.6 Å². The largest absolute Gasteiger partial charge is 0.399 e. The van der Waals surface area contributed by atoms with Gasteiger partial charge in [-0.3, -0.25) is 4.98 Å². The predicted molar refractivity (Wildman–Crippen MR) is 92.0 cm³/mol. The van der Waals surface area contributed by atoms with E-state index in [1.54, 1.807) is 11.3 Å². The minimum atomic E-state index is 0.316. The Morgan fingerprint density at radius 1 is 1.24 bits per heavy atom. The van der Waals surface area contributed by atoms with E-state index in [4.69, 9.17) is 5.73 Å². The van der Waals surface area contributed by atoms with Gasteiger partial charge >= 0.3 is 0 Å². The van der Waals surface area contributed by atoms with Crippen LogP contribution in [0, 0.1) is 6.92 Å². The van der Waals surface area contributed by atoms with Crippen molar-refractivity contribution in [2.45, 2.75) is 19.9 Å². The summed E-state index contributed by atoms with van der Waals surface area (Å²) in [6.07, 6.45) is 0. The van der Waals surface area contributed by atoms with Crippen LogP contribution in [0.15, 0.2) is 41.8 Å². The number of fused-ring (bicyclic) bond motifs is 1. The van der Waals surface area contributed by atoms with Gasteiger partial charge in [0.15, 0.2) is 0 Å². The molecule has 2 N–H and O–H groups in total. The molecule has 1 atom stereocenters. The van der Waals surface area contributed by atoms with Crippen molar-refractivity contribution in [2.75, 3.05) is 17.7 Å². The second-order valence-electron chi connectivity index (χ2n) is 5.36. The van der Waals surface area contributed by atoms with Crippen molar-refractivity contribution in [1.29, 1.82) is 0 Å². The normalized spacial score (nSPS) is 12.5. The van der Waals surface area contributed by atoms with Gasteiger partial charge in [-0.1, -0.05) is 6.07 Å². The Bertz CT molecular complexity index is 765. The number of pyridine rings is 1. The maximum atomic E-state index is 5.96. The third kappa shape index (κ3) is 2.59. The highest BCUT2D eigenvalue weighted by atomic mass is 32.1. The molecule has 3 aromatic rings. The number of nitrogen functional groups attached to an aromatic ring is 1. The van der Waals surface area contributed by atoms with Crippen LogP contribution in [0.3, 0.4) is 0 Å². The van der Waals surface area contributed by atoms with Crippen LogP contribution in [0.25, 0.3) is 10.9 Å². The van der Waals surface area contributed by atoms with Crippen LogP contribution < -0.4 is 10.6 Å². The monoisotopic (exact) mass is 297 g/mol. The Balaban J connectivity index is 2.12. The molecule has 0 aliphatic heterocycles. The van der Waals surface area contributed by atoms with Gasteiger partial charge < -0.3 is 10.6 Å². The van der Waals surface area contributed by atoms with E-state index in [2.05, 4.69) is 47.4 Å². The second kappa shape index (κ2) is 5.37. The van der Waals surface area contributed by atoms with Crippen molar-refractivity contribution in [2.24, 2.45) is 0 Å². The molecule has 0 spiro atoms. The Hall–Kier alpha value is -2.07. The number of nitrogens with zero attached hydrogens (tertiary/aromatic N) is 2. The average molecular weight is 297 g/mol. The number of hydrogen-bond donors (Lipinski definition) is 1. The third-order valence-corrected chi connectivity index (χ3v) is 4.90. The molecule has 3 nitrogen and oxygen atoms in total. The van der Waals surface area contributed by atoms with Crippen molar-refractivity contribution < 1.29 is 0 Å². The first-order valence-corrected chi connectivity index (χ1v) is 7.87. The maximum absolute atomic E-state index is 5.96. The molecule has 4 heteroatoms. The van der Waals surface area contributed by atoms with Gasteiger partial charge in [0.05, 0.1) is 11.6 Å². The van der Waals surface area contributed by atoms with E-state index in [0.29, 0.717) is 6.04 Å². The minimum absolute atomic E-state index is 0.316. The fraction of sp³-hybridized carbons (Fsp3) is 0.235. The van der Waals surface area contributed by atoms with Crippen molar-refractivity contribution in [3.63, 3.8) is 0 Å². The van der Waals surface area contributed by atoms with Crippen molar-refractivity contribution in [1.82, 2.24) is 4.98 Å². The Morgan fingerprint density at radius 3 is 2.76 bits per heavy atom. The van der Waals surface area contributed by atoms with Crippen LogP contribution in [-0.4, -0.2) is 12.0 Å². The van der Waals surface area contributed by atoms with E-state index in [9.17, 15) is 0 Å². The summed E-state index contributed by atoms with van der Waals surface area (Å²) in [6, 6.07) is 12.6. The lowest BCUT2D eigenvalue weighted by atomic mass is 10.1. The molecule has 1 unspecified atom stereocenters. The van der Waals surface area contributed by atoms with Crippen molar-refractivity contribution >= 4 is 33.6 Å². The SMILES string of the molecule is Cc1cc(N(C)C(C)c2cccs2)c2cc(N)ccc2n1. The third-order valence-electron chi connectivity index (χ3n) is 3.85. The van der Waals surface area contributed by atoms with Crippen LogP contribution >= 0.6 is 11.3 Å². The van der Waals surface area contributed by atoms with Gasteiger partial charge in [0.25, 0.3) is 0 Å². The van der Waals surface area contributed by atoms with E-state index < -0.39 is 0 Å². The molecule has 0 aliphatic carbocycles. The summed E-state index contributed by atoms with van der Waals surface area (Å²) >= 11 is 1.78. The Kier molecular flexibility index (Phi) is 3.55. The number of thiophene rings is 1. The van der Waals surface area contributed by atoms with Crippen LogP contribution in [0.2, 0.25) is 0 Å². The molecule has 1 aromatic carbocycles. The maximum Gasteiger partial charge on any atom is 0.0727 e. The van der Waals surface area contributed by atoms with E-state index >= 15 is 0 Å². The van der Waals surface area contributed by atoms with Gasteiger partial charge in [0.2, 0.25) is 0 Å². The van der Waals surface area contributed by atoms with Crippen molar-refractivity contribution in [3.05, 3.63) is 52.3 Å². The summed E-state index contributed by atoms with van der Waals surface area (Å²) in [6.45, 7) is 4.25. The number of benzene rings is 1. The highest BCUT2D eigenvalue weighted by Crippen LogP contribution is 2.33. The fourth-order valence-electron chi connectivity index (χ4n) is 2.57. The molecule has 0 saturated heterocycles. The molecule has 108 valence electrons. The molecular weight excluding hydrogens is 278 g/mol. The van der Waals surface area contributed by atoms with Crippen LogP contribution in [0.4, 0.5) is 11.4 Å². The quantitative estimate of drug-likeness (QED) is 0.729. The number of rotatable bonds is 3. The lowest BCUT2D eigenvalue weighted by Gasteiger charge is -2.28. The van der Waals surface area contributed by atoms with Crippen LogP contribution in [-0.2, 0) is 0 Å². The first-order valence-electron chi connectivity index (χ1n) is 6.99. The Labute approximate surface area is 129 Å². The summed E-state index contributed by atoms with van der Waals surface area (Å²) < 4.78 is 0. The summed E-state index contributed by atoms with van der Waals surface area (Å²) in [5, 5.41) is 3.22. The van der Waals surface area contributed by atoms with E-state index in [1.165, 1.54) is 10.6 Å².